The van der Waals surface area contributed by atoms with Gasteiger partial charge in [0.25, 0.3) is 6.01 Å². The van der Waals surface area contributed by atoms with Crippen molar-refractivity contribution in [3.8, 4) is 23.0 Å². The van der Waals surface area contributed by atoms with Gasteiger partial charge in [0.15, 0.2) is 11.8 Å². The van der Waals surface area contributed by atoms with Crippen molar-refractivity contribution >= 4 is 28.7 Å². The minimum absolute atomic E-state index is 0.0730. The second-order valence-corrected chi connectivity index (χ2v) is 7.98. The molecule has 3 aromatic rings. The quantitative estimate of drug-likeness (QED) is 0.482. The van der Waals surface area contributed by atoms with Crippen molar-refractivity contribution in [3.63, 3.8) is 0 Å². The maximum atomic E-state index is 10.6. The van der Waals surface area contributed by atoms with Crippen LogP contribution in [0.15, 0.2) is 30.3 Å². The molecule has 0 bridgehead atoms. The van der Waals surface area contributed by atoms with E-state index in [0.29, 0.717) is 34.2 Å². The van der Waals surface area contributed by atoms with E-state index in [0.717, 1.165) is 5.56 Å². The number of aliphatic hydroxyl groups excluding tert-OH is 1. The lowest BCUT2D eigenvalue weighted by Crippen LogP contribution is -2.34. The van der Waals surface area contributed by atoms with Crippen molar-refractivity contribution in [2.75, 3.05) is 19.8 Å². The Kier molecular flexibility index (Phi) is 5.60. The summed E-state index contributed by atoms with van der Waals surface area (Å²) in [6.45, 7) is 0.607. The van der Waals surface area contributed by atoms with E-state index in [1.54, 1.807) is 30.3 Å². The molecule has 0 amide bonds. The van der Waals surface area contributed by atoms with Crippen molar-refractivity contribution in [3.05, 3.63) is 35.4 Å². The maximum Gasteiger partial charge on any atom is 0.306 e. The monoisotopic (exact) mass is 461 g/mol. The highest BCUT2D eigenvalue weighted by molar-refractivity contribution is 6.33. The standard InChI is InChI=1S/C21H20ClN3O7/c22-12-7-13-20(24-17(12)10-1-3-11(4-2-10)29-6-5-16(27)28)25-21(23-13)32-15-9-31-18-14(26)8-30-19(15)18/h1-4,7,14-15,18-19,26H,5-6,8-9H2,(H,27,28)(H,23,24,25)/t14-,15-,18-,19-/m1/s1. The first-order valence-corrected chi connectivity index (χ1v) is 10.4. The van der Waals surface area contributed by atoms with Crippen LogP contribution in [-0.4, -0.2) is 75.4 Å². The van der Waals surface area contributed by atoms with Crippen molar-refractivity contribution in [1.29, 1.82) is 0 Å². The fraction of sp³-hybridized carbons (Fsp3) is 0.381. The number of carboxylic acid groups (broad SMARTS) is 1. The second-order valence-electron chi connectivity index (χ2n) is 7.57. The summed E-state index contributed by atoms with van der Waals surface area (Å²) >= 11 is 6.45. The minimum Gasteiger partial charge on any atom is -0.493 e. The van der Waals surface area contributed by atoms with Gasteiger partial charge in [-0.1, -0.05) is 11.6 Å². The number of nitrogens with zero attached hydrogens (tertiary/aromatic N) is 2. The SMILES string of the molecule is O=C(O)CCOc1ccc(-c2nc3nc(O[C@@H]4CO[C@H]5[C@@H]4OC[C@H]5O)[nH]c3cc2Cl)cc1. The van der Waals surface area contributed by atoms with Crippen LogP contribution in [0.2, 0.25) is 5.02 Å². The number of H-pyrrole nitrogens is 1. The molecule has 168 valence electrons. The van der Waals surface area contributed by atoms with Crippen LogP contribution in [0.1, 0.15) is 6.42 Å². The highest BCUT2D eigenvalue weighted by Gasteiger charge is 2.48. The first-order chi connectivity index (χ1) is 15.5. The molecule has 0 unspecified atom stereocenters. The molecule has 0 saturated carbocycles. The number of aliphatic hydroxyl groups is 1. The Morgan fingerprint density at radius 1 is 1.19 bits per heavy atom. The molecule has 3 N–H and O–H groups in total. The number of carboxylic acids is 1. The summed E-state index contributed by atoms with van der Waals surface area (Å²) in [6.07, 6.45) is -1.85. The van der Waals surface area contributed by atoms with Crippen molar-refractivity contribution in [1.82, 2.24) is 15.0 Å². The fourth-order valence-electron chi connectivity index (χ4n) is 3.81. The number of pyridine rings is 1. The molecular weight excluding hydrogens is 442 g/mol. The third-order valence-electron chi connectivity index (χ3n) is 5.36. The number of halogens is 1. The third kappa shape index (κ3) is 4.09. The molecule has 10 nitrogen and oxygen atoms in total. The molecule has 11 heteroatoms. The summed E-state index contributed by atoms with van der Waals surface area (Å²) in [7, 11) is 0. The Bertz CT molecular complexity index is 1140. The van der Waals surface area contributed by atoms with E-state index in [-0.39, 0.29) is 44.0 Å². The summed E-state index contributed by atoms with van der Waals surface area (Å²) in [5.74, 6) is -0.360. The normalized spacial score (nSPS) is 24.6. The predicted molar refractivity (Wildman–Crippen MR) is 112 cm³/mol. The molecule has 2 aliphatic rings. The Balaban J connectivity index is 1.32. The average molecular weight is 462 g/mol. The van der Waals surface area contributed by atoms with Gasteiger partial charge in [0, 0.05) is 5.56 Å². The van der Waals surface area contributed by atoms with E-state index >= 15 is 0 Å². The molecule has 0 radical (unpaired) electrons. The number of hydrogen-bond acceptors (Lipinski definition) is 8. The van der Waals surface area contributed by atoms with Crippen LogP contribution in [0.4, 0.5) is 0 Å². The first-order valence-electron chi connectivity index (χ1n) is 10.1. The van der Waals surface area contributed by atoms with E-state index < -0.39 is 12.1 Å². The van der Waals surface area contributed by atoms with E-state index in [1.165, 1.54) is 0 Å². The molecule has 4 atom stereocenters. The highest BCUT2D eigenvalue weighted by Crippen LogP contribution is 2.32. The largest absolute Gasteiger partial charge is 0.493 e. The van der Waals surface area contributed by atoms with Gasteiger partial charge in [-0.05, 0) is 30.3 Å². The number of imidazole rings is 1. The molecule has 2 saturated heterocycles. The number of aromatic nitrogens is 3. The number of ether oxygens (including phenoxy) is 4. The Labute approximate surface area is 187 Å². The van der Waals surface area contributed by atoms with Crippen molar-refractivity contribution in [2.45, 2.75) is 30.8 Å². The van der Waals surface area contributed by atoms with Crippen LogP contribution in [0.3, 0.4) is 0 Å². The van der Waals surface area contributed by atoms with Gasteiger partial charge < -0.3 is 34.1 Å². The molecule has 0 spiro atoms. The molecule has 2 fully saturated rings. The highest BCUT2D eigenvalue weighted by atomic mass is 35.5. The van der Waals surface area contributed by atoms with Gasteiger partial charge in [0.05, 0.1) is 42.5 Å². The van der Waals surface area contributed by atoms with E-state index in [2.05, 4.69) is 15.0 Å². The summed E-state index contributed by atoms with van der Waals surface area (Å²) in [5, 5.41) is 19.0. The van der Waals surface area contributed by atoms with E-state index in [4.69, 9.17) is 35.7 Å². The molecule has 2 aromatic heterocycles. The number of aliphatic carboxylic acids is 1. The van der Waals surface area contributed by atoms with Crippen molar-refractivity contribution in [2.24, 2.45) is 0 Å². The molecule has 32 heavy (non-hydrogen) atoms. The van der Waals surface area contributed by atoms with E-state index in [1.807, 2.05) is 0 Å². The maximum absolute atomic E-state index is 10.6. The van der Waals surface area contributed by atoms with Gasteiger partial charge >= 0.3 is 5.97 Å². The summed E-state index contributed by atoms with van der Waals surface area (Å²) in [5.41, 5.74) is 2.35. The number of fused-ring (bicyclic) bond motifs is 2. The summed E-state index contributed by atoms with van der Waals surface area (Å²) < 4.78 is 22.5. The second kappa shape index (κ2) is 8.55. The zero-order valence-corrected chi connectivity index (χ0v) is 17.5. The molecule has 0 aliphatic carbocycles. The topological polar surface area (TPSA) is 136 Å². The predicted octanol–water partition coefficient (Wildman–Crippen LogP) is 2.04. The third-order valence-corrected chi connectivity index (χ3v) is 5.65. The summed E-state index contributed by atoms with van der Waals surface area (Å²) in [6, 6.07) is 9.02. The lowest BCUT2D eigenvalue weighted by Gasteiger charge is -2.15. The Morgan fingerprint density at radius 2 is 1.97 bits per heavy atom. The van der Waals surface area contributed by atoms with Crippen LogP contribution >= 0.6 is 11.6 Å². The van der Waals surface area contributed by atoms with Crippen LogP contribution in [0.5, 0.6) is 11.8 Å². The molecule has 1 aromatic carbocycles. The molecule has 4 heterocycles. The first kappa shape index (κ1) is 21.0. The lowest BCUT2D eigenvalue weighted by molar-refractivity contribution is -0.137. The number of nitrogens with one attached hydrogen (secondary N) is 1. The smallest absolute Gasteiger partial charge is 0.306 e. The lowest BCUT2D eigenvalue weighted by atomic mass is 10.1. The van der Waals surface area contributed by atoms with Crippen molar-refractivity contribution < 1.29 is 34.0 Å². The molecular formula is C21H20ClN3O7. The number of carbonyl (C=O) groups is 1. The average Bonchev–Trinajstić information content (AvgIpc) is 3.45. The molecule has 5 rings (SSSR count). The van der Waals surface area contributed by atoms with Gasteiger partial charge in [-0.3, -0.25) is 4.79 Å². The number of hydrogen-bond donors (Lipinski definition) is 3. The fourth-order valence-corrected chi connectivity index (χ4v) is 4.07. The van der Waals surface area contributed by atoms with Gasteiger partial charge in [-0.25, -0.2) is 4.98 Å². The van der Waals surface area contributed by atoms with Crippen LogP contribution in [0, 0.1) is 0 Å². The number of benzene rings is 1. The van der Waals surface area contributed by atoms with Gasteiger partial charge in [0.2, 0.25) is 0 Å². The zero-order chi connectivity index (χ0) is 22.2. The zero-order valence-electron chi connectivity index (χ0n) is 16.7. The van der Waals surface area contributed by atoms with Gasteiger partial charge in [-0.15, -0.1) is 0 Å². The van der Waals surface area contributed by atoms with E-state index in [9.17, 15) is 9.90 Å². The van der Waals surface area contributed by atoms with Crippen LogP contribution < -0.4 is 9.47 Å². The summed E-state index contributed by atoms with van der Waals surface area (Å²) in [4.78, 5) is 22.6. The minimum atomic E-state index is -0.915. The van der Waals surface area contributed by atoms with Crippen LogP contribution in [0.25, 0.3) is 22.4 Å². The molecule has 2 aliphatic heterocycles. The Morgan fingerprint density at radius 3 is 2.75 bits per heavy atom. The van der Waals surface area contributed by atoms with Crippen LogP contribution in [-0.2, 0) is 14.3 Å². The Hall–Kier alpha value is -2.92. The van der Waals surface area contributed by atoms with Gasteiger partial charge in [-0.2, -0.15) is 4.98 Å². The van der Waals surface area contributed by atoms with Gasteiger partial charge in [0.1, 0.15) is 24.1 Å². The number of rotatable bonds is 7. The number of aromatic amines is 1.